The first-order valence-corrected chi connectivity index (χ1v) is 11.4. The Morgan fingerprint density at radius 1 is 1.07 bits per heavy atom. The first-order chi connectivity index (χ1) is 14.3. The van der Waals surface area contributed by atoms with Crippen LogP contribution in [0, 0.1) is 0 Å². The number of carbonyl (C=O) groups excluding carboxylic acids is 2. The van der Waals surface area contributed by atoms with E-state index in [4.69, 9.17) is 4.74 Å². The second kappa shape index (κ2) is 10.6. The van der Waals surface area contributed by atoms with Crippen LogP contribution in [0.25, 0.3) is 0 Å². The summed E-state index contributed by atoms with van der Waals surface area (Å²) in [4.78, 5) is 25.1. The van der Waals surface area contributed by atoms with E-state index in [1.54, 1.807) is 48.5 Å². The van der Waals surface area contributed by atoms with E-state index >= 15 is 0 Å². The van der Waals surface area contributed by atoms with Gasteiger partial charge in [0.05, 0.1) is 30.3 Å². The van der Waals surface area contributed by atoms with Crippen LogP contribution in [0.4, 0.5) is 11.4 Å². The lowest BCUT2D eigenvalue weighted by atomic mass is 10.1. The quantitative estimate of drug-likeness (QED) is 0.561. The lowest BCUT2D eigenvalue weighted by Crippen LogP contribution is -2.38. The summed E-state index contributed by atoms with van der Waals surface area (Å²) in [6.07, 6.45) is 2.81. The van der Waals surface area contributed by atoms with Crippen LogP contribution in [0.5, 0.6) is 5.75 Å². The number of nitrogens with zero attached hydrogens (tertiary/aromatic N) is 1. The number of nitrogens with one attached hydrogen (secondary N) is 2. The van der Waals surface area contributed by atoms with Crippen molar-refractivity contribution in [3.05, 3.63) is 54.1 Å². The predicted molar refractivity (Wildman–Crippen MR) is 117 cm³/mol. The van der Waals surface area contributed by atoms with Crippen molar-refractivity contribution in [3.8, 4) is 5.75 Å². The molecule has 0 aromatic heterocycles. The maximum Gasteiger partial charge on any atom is 0.253 e. The molecule has 0 fully saturated rings. The van der Waals surface area contributed by atoms with Crippen LogP contribution >= 0.6 is 0 Å². The fourth-order valence-corrected chi connectivity index (χ4v) is 3.66. The van der Waals surface area contributed by atoms with Gasteiger partial charge in [-0.2, -0.15) is 0 Å². The van der Waals surface area contributed by atoms with Gasteiger partial charge in [-0.3, -0.25) is 13.9 Å². The molecular weight excluding hydrogens is 406 g/mol. The number of ether oxygens (including phenoxy) is 1. The van der Waals surface area contributed by atoms with Crippen molar-refractivity contribution in [2.24, 2.45) is 0 Å². The molecule has 0 saturated carbocycles. The standard InChI is InChI=1S/C21H27N3O5S/c1-4-5-14-22-21(26)16-10-6-7-11-17(16)23-20(25)15-24(30(3,27)28)18-12-8-9-13-19(18)29-2/h6-13H,4-5,14-15H2,1-3H3,(H,22,26)(H,23,25). The van der Waals surface area contributed by atoms with Gasteiger partial charge in [-0.1, -0.05) is 37.6 Å². The second-order valence-corrected chi connectivity index (χ2v) is 8.55. The number of methoxy groups -OCH3 is 1. The van der Waals surface area contributed by atoms with Crippen LogP contribution in [0.3, 0.4) is 0 Å². The molecule has 8 nitrogen and oxygen atoms in total. The van der Waals surface area contributed by atoms with Gasteiger partial charge in [0, 0.05) is 6.54 Å². The third kappa shape index (κ3) is 6.21. The number of anilines is 2. The Morgan fingerprint density at radius 2 is 1.73 bits per heavy atom. The lowest BCUT2D eigenvalue weighted by molar-refractivity contribution is -0.114. The Morgan fingerprint density at radius 3 is 2.40 bits per heavy atom. The highest BCUT2D eigenvalue weighted by molar-refractivity contribution is 7.92. The summed E-state index contributed by atoms with van der Waals surface area (Å²) in [5, 5.41) is 5.45. The van der Waals surface area contributed by atoms with Gasteiger partial charge >= 0.3 is 0 Å². The summed E-state index contributed by atoms with van der Waals surface area (Å²) in [6, 6.07) is 13.1. The van der Waals surface area contributed by atoms with Gasteiger partial charge in [0.25, 0.3) is 5.91 Å². The highest BCUT2D eigenvalue weighted by Crippen LogP contribution is 2.29. The Bertz CT molecular complexity index is 992. The molecule has 2 aromatic carbocycles. The maximum absolute atomic E-state index is 12.7. The van der Waals surface area contributed by atoms with E-state index in [0.29, 0.717) is 23.5 Å². The van der Waals surface area contributed by atoms with Gasteiger partial charge in [0.15, 0.2) is 0 Å². The normalized spacial score (nSPS) is 10.9. The van der Waals surface area contributed by atoms with Crippen LogP contribution in [-0.2, 0) is 14.8 Å². The number of sulfonamides is 1. The van der Waals surface area contributed by atoms with Crippen LogP contribution in [0.2, 0.25) is 0 Å². The van der Waals surface area contributed by atoms with Crippen LogP contribution in [0.1, 0.15) is 30.1 Å². The molecule has 0 radical (unpaired) electrons. The highest BCUT2D eigenvalue weighted by Gasteiger charge is 2.24. The monoisotopic (exact) mass is 433 g/mol. The summed E-state index contributed by atoms with van der Waals surface area (Å²) in [7, 11) is -2.34. The minimum absolute atomic E-state index is 0.253. The molecule has 0 unspecified atom stereocenters. The predicted octanol–water partition coefficient (Wildman–Crippen LogP) is 2.63. The molecule has 9 heteroatoms. The molecule has 0 heterocycles. The number of hydrogen-bond donors (Lipinski definition) is 2. The molecule has 0 bridgehead atoms. The summed E-state index contributed by atoms with van der Waals surface area (Å²) < 4.78 is 30.9. The van der Waals surface area contributed by atoms with Crippen molar-refractivity contribution in [2.45, 2.75) is 19.8 Å². The zero-order chi connectivity index (χ0) is 22.1. The summed E-state index contributed by atoms with van der Waals surface area (Å²) in [5.41, 5.74) is 0.873. The SMILES string of the molecule is CCCCNC(=O)c1ccccc1NC(=O)CN(c1ccccc1OC)S(C)(=O)=O. The average molecular weight is 434 g/mol. The number of rotatable bonds is 10. The Balaban J connectivity index is 2.22. The first-order valence-electron chi connectivity index (χ1n) is 9.55. The van der Waals surface area contributed by atoms with E-state index < -0.39 is 22.5 Å². The van der Waals surface area contributed by atoms with Gasteiger partial charge in [0.1, 0.15) is 12.3 Å². The Kier molecular flexibility index (Phi) is 8.23. The molecule has 0 aliphatic carbocycles. The number of unbranched alkanes of at least 4 members (excludes halogenated alkanes) is 1. The van der Waals surface area contributed by atoms with Gasteiger partial charge in [0.2, 0.25) is 15.9 Å². The minimum atomic E-state index is -3.77. The zero-order valence-corrected chi connectivity index (χ0v) is 18.2. The summed E-state index contributed by atoms with van der Waals surface area (Å²) >= 11 is 0. The first kappa shape index (κ1) is 23.2. The fraction of sp³-hybridized carbons (Fsp3) is 0.333. The third-order valence-corrected chi connectivity index (χ3v) is 5.43. The fourth-order valence-electron chi connectivity index (χ4n) is 2.80. The number of benzene rings is 2. The molecule has 30 heavy (non-hydrogen) atoms. The molecular formula is C21H27N3O5S. The second-order valence-electron chi connectivity index (χ2n) is 6.64. The summed E-state index contributed by atoms with van der Waals surface area (Å²) in [5.74, 6) is -0.560. The van der Waals surface area contributed by atoms with Crippen molar-refractivity contribution >= 4 is 33.2 Å². The smallest absolute Gasteiger partial charge is 0.253 e. The molecule has 162 valence electrons. The molecule has 2 aromatic rings. The van der Waals surface area contributed by atoms with E-state index in [0.717, 1.165) is 23.4 Å². The van der Waals surface area contributed by atoms with E-state index in [2.05, 4.69) is 10.6 Å². The van der Waals surface area contributed by atoms with Gasteiger partial charge in [-0.15, -0.1) is 0 Å². The van der Waals surface area contributed by atoms with Gasteiger partial charge < -0.3 is 15.4 Å². The molecule has 0 spiro atoms. The summed E-state index contributed by atoms with van der Waals surface area (Å²) in [6.45, 7) is 2.09. The number of hydrogen-bond acceptors (Lipinski definition) is 5. The van der Waals surface area contributed by atoms with Gasteiger partial charge in [-0.05, 0) is 30.7 Å². The maximum atomic E-state index is 12.7. The molecule has 2 N–H and O–H groups in total. The molecule has 0 atom stereocenters. The van der Waals surface area contributed by atoms with E-state index in [-0.39, 0.29) is 11.6 Å². The number of para-hydroxylation sites is 3. The number of carbonyl (C=O) groups is 2. The van der Waals surface area contributed by atoms with Crippen molar-refractivity contribution in [1.82, 2.24) is 5.32 Å². The van der Waals surface area contributed by atoms with Crippen molar-refractivity contribution < 1.29 is 22.7 Å². The molecule has 0 aliphatic heterocycles. The van der Waals surface area contributed by atoms with Gasteiger partial charge in [-0.25, -0.2) is 8.42 Å². The Hall–Kier alpha value is -3.07. The third-order valence-electron chi connectivity index (χ3n) is 4.30. The van der Waals surface area contributed by atoms with Crippen LogP contribution in [0.15, 0.2) is 48.5 Å². The number of amides is 2. The molecule has 0 saturated heterocycles. The van der Waals surface area contributed by atoms with Crippen molar-refractivity contribution in [3.63, 3.8) is 0 Å². The largest absolute Gasteiger partial charge is 0.495 e. The van der Waals surface area contributed by atoms with Crippen molar-refractivity contribution in [1.29, 1.82) is 0 Å². The lowest BCUT2D eigenvalue weighted by Gasteiger charge is -2.23. The highest BCUT2D eigenvalue weighted by atomic mass is 32.2. The zero-order valence-electron chi connectivity index (χ0n) is 17.3. The van der Waals surface area contributed by atoms with E-state index in [9.17, 15) is 18.0 Å². The van der Waals surface area contributed by atoms with Crippen molar-refractivity contribution in [2.75, 3.05) is 36.1 Å². The van der Waals surface area contributed by atoms with E-state index in [1.807, 2.05) is 6.92 Å². The van der Waals surface area contributed by atoms with E-state index in [1.165, 1.54) is 7.11 Å². The van der Waals surface area contributed by atoms with Crippen LogP contribution < -0.4 is 19.7 Å². The molecule has 2 rings (SSSR count). The molecule has 2 amide bonds. The molecule has 0 aliphatic rings. The van der Waals surface area contributed by atoms with Crippen LogP contribution in [-0.4, -0.2) is 46.7 Å². The minimum Gasteiger partial charge on any atom is -0.495 e. The Labute approximate surface area is 177 Å². The topological polar surface area (TPSA) is 105 Å². The average Bonchev–Trinajstić information content (AvgIpc) is 2.71.